The number of halogens is 2. The molecule has 0 saturated heterocycles. The Labute approximate surface area is 153 Å². The second-order valence-corrected chi connectivity index (χ2v) is 7.46. The average Bonchev–Trinajstić information content (AvgIpc) is 3.05. The number of sulfonamides is 1. The van der Waals surface area contributed by atoms with Crippen molar-refractivity contribution in [3.63, 3.8) is 0 Å². The zero-order valence-electron chi connectivity index (χ0n) is 13.6. The molecule has 2 N–H and O–H groups in total. The summed E-state index contributed by atoms with van der Waals surface area (Å²) in [6, 6.07) is 7.38. The van der Waals surface area contributed by atoms with E-state index in [4.69, 9.17) is 0 Å². The summed E-state index contributed by atoms with van der Waals surface area (Å²) in [5, 5.41) is 0.599. The normalized spacial score (nSPS) is 11.6. The van der Waals surface area contributed by atoms with Gasteiger partial charge in [-0.2, -0.15) is 0 Å². The first-order chi connectivity index (χ1) is 12.9. The van der Waals surface area contributed by atoms with Crippen LogP contribution in [0.3, 0.4) is 0 Å². The van der Waals surface area contributed by atoms with Crippen molar-refractivity contribution in [1.29, 1.82) is 0 Å². The van der Waals surface area contributed by atoms with Crippen LogP contribution in [0, 0.1) is 11.6 Å². The van der Waals surface area contributed by atoms with E-state index in [0.717, 1.165) is 18.3 Å². The maximum Gasteiger partial charge on any atom is 0.261 e. The molecular weight excluding hydrogens is 374 g/mol. The molecule has 0 bridgehead atoms. The van der Waals surface area contributed by atoms with E-state index in [0.29, 0.717) is 22.2 Å². The van der Waals surface area contributed by atoms with Crippen LogP contribution in [0.15, 0.2) is 66.1 Å². The van der Waals surface area contributed by atoms with Crippen molar-refractivity contribution in [2.45, 2.75) is 4.90 Å². The van der Waals surface area contributed by atoms with Crippen LogP contribution in [0.4, 0.5) is 14.5 Å². The van der Waals surface area contributed by atoms with Crippen LogP contribution in [0.2, 0.25) is 0 Å². The summed E-state index contributed by atoms with van der Waals surface area (Å²) in [6.45, 7) is 0. The van der Waals surface area contributed by atoms with Crippen molar-refractivity contribution in [3.8, 4) is 11.1 Å². The van der Waals surface area contributed by atoms with Gasteiger partial charge >= 0.3 is 0 Å². The fourth-order valence-corrected chi connectivity index (χ4v) is 3.72. The van der Waals surface area contributed by atoms with Crippen LogP contribution in [0.25, 0.3) is 22.2 Å². The Morgan fingerprint density at radius 3 is 2.48 bits per heavy atom. The van der Waals surface area contributed by atoms with Crippen molar-refractivity contribution in [2.24, 2.45) is 0 Å². The van der Waals surface area contributed by atoms with Crippen LogP contribution >= 0.6 is 0 Å². The van der Waals surface area contributed by atoms with Crippen LogP contribution in [0.1, 0.15) is 0 Å². The summed E-state index contributed by atoms with van der Waals surface area (Å²) in [5.74, 6) is -1.01. The topological polar surface area (TPSA) is 87.7 Å². The van der Waals surface area contributed by atoms with E-state index in [9.17, 15) is 17.2 Å². The van der Waals surface area contributed by atoms with Crippen molar-refractivity contribution in [1.82, 2.24) is 15.0 Å². The number of pyridine rings is 2. The van der Waals surface area contributed by atoms with Crippen molar-refractivity contribution < 1.29 is 17.2 Å². The molecule has 3 aromatic heterocycles. The molecule has 0 saturated carbocycles. The molecule has 0 aliphatic carbocycles. The summed E-state index contributed by atoms with van der Waals surface area (Å²) in [6.07, 6.45) is 5.60. The lowest BCUT2D eigenvalue weighted by Crippen LogP contribution is -2.13. The summed E-state index contributed by atoms with van der Waals surface area (Å²) >= 11 is 0. The van der Waals surface area contributed by atoms with Gasteiger partial charge in [0.1, 0.15) is 17.3 Å². The Balaban J connectivity index is 1.73. The number of rotatable bonds is 4. The number of fused-ring (bicyclic) bond motifs is 1. The molecule has 1 aromatic carbocycles. The molecule has 0 aliphatic rings. The molecule has 0 amide bonds. The molecule has 136 valence electrons. The number of H-pyrrole nitrogens is 1. The molecule has 9 heteroatoms. The highest BCUT2D eigenvalue weighted by molar-refractivity contribution is 7.92. The van der Waals surface area contributed by atoms with Gasteiger partial charge in [-0.05, 0) is 36.4 Å². The predicted molar refractivity (Wildman–Crippen MR) is 96.5 cm³/mol. The molecule has 0 aliphatic heterocycles. The summed E-state index contributed by atoms with van der Waals surface area (Å²) in [5.41, 5.74) is 1.89. The fourth-order valence-electron chi connectivity index (χ4n) is 2.69. The number of anilines is 1. The first-order valence-electron chi connectivity index (χ1n) is 7.79. The predicted octanol–water partition coefficient (Wildman–Crippen LogP) is 3.70. The van der Waals surface area contributed by atoms with Crippen LogP contribution in [-0.4, -0.2) is 23.4 Å². The van der Waals surface area contributed by atoms with Gasteiger partial charge in [-0.15, -0.1) is 0 Å². The van der Waals surface area contributed by atoms with Crippen molar-refractivity contribution in [3.05, 3.63) is 72.8 Å². The highest BCUT2D eigenvalue weighted by atomic mass is 32.2. The highest BCUT2D eigenvalue weighted by Crippen LogP contribution is 2.30. The van der Waals surface area contributed by atoms with Gasteiger partial charge in [-0.25, -0.2) is 22.2 Å². The van der Waals surface area contributed by atoms with Crippen molar-refractivity contribution >= 4 is 26.7 Å². The molecular formula is C18H12F2N4O2S. The first kappa shape index (κ1) is 17.1. The van der Waals surface area contributed by atoms with Gasteiger partial charge in [0.15, 0.2) is 0 Å². The molecule has 0 radical (unpaired) electrons. The third kappa shape index (κ3) is 3.36. The Kier molecular flexibility index (Phi) is 4.08. The van der Waals surface area contributed by atoms with Crippen molar-refractivity contribution in [2.75, 3.05) is 4.72 Å². The highest BCUT2D eigenvalue weighted by Gasteiger charge is 2.16. The minimum absolute atomic E-state index is 0.0763. The average molecular weight is 386 g/mol. The molecule has 27 heavy (non-hydrogen) atoms. The third-order valence-corrected chi connectivity index (χ3v) is 5.32. The first-order valence-corrected chi connectivity index (χ1v) is 9.27. The maximum absolute atomic E-state index is 13.5. The number of hydrogen-bond donors (Lipinski definition) is 2. The molecule has 0 atom stereocenters. The Hall–Kier alpha value is -3.33. The number of nitrogens with one attached hydrogen (secondary N) is 2. The number of nitrogens with zero attached hydrogens (tertiary/aromatic N) is 2. The van der Waals surface area contributed by atoms with E-state index in [1.807, 2.05) is 0 Å². The van der Waals surface area contributed by atoms with Crippen LogP contribution in [0.5, 0.6) is 0 Å². The number of aromatic nitrogens is 3. The number of benzene rings is 1. The summed E-state index contributed by atoms with van der Waals surface area (Å²) < 4.78 is 53.8. The molecule has 4 aromatic rings. The van der Waals surface area contributed by atoms with E-state index in [-0.39, 0.29) is 10.6 Å². The van der Waals surface area contributed by atoms with E-state index in [1.54, 1.807) is 12.3 Å². The van der Waals surface area contributed by atoms with Gasteiger partial charge in [-0.1, -0.05) is 0 Å². The fraction of sp³-hybridized carbons (Fsp3) is 0. The Morgan fingerprint density at radius 1 is 0.963 bits per heavy atom. The molecule has 0 unspecified atom stereocenters. The van der Waals surface area contributed by atoms with Gasteiger partial charge in [0.25, 0.3) is 10.0 Å². The molecule has 0 spiro atoms. The zero-order chi connectivity index (χ0) is 19.0. The second kappa shape index (κ2) is 6.44. The minimum Gasteiger partial charge on any atom is -0.346 e. The van der Waals surface area contributed by atoms with Gasteiger partial charge in [0, 0.05) is 28.9 Å². The third-order valence-electron chi connectivity index (χ3n) is 3.92. The quantitative estimate of drug-likeness (QED) is 0.560. The van der Waals surface area contributed by atoms with Gasteiger partial charge in [0.2, 0.25) is 0 Å². The molecule has 3 heterocycles. The number of aromatic amines is 1. The minimum atomic E-state index is -3.91. The maximum atomic E-state index is 13.5. The molecule has 6 nitrogen and oxygen atoms in total. The monoisotopic (exact) mass is 386 g/mol. The Bertz CT molecular complexity index is 1240. The lowest BCUT2D eigenvalue weighted by molar-refractivity contribution is 0.599. The Morgan fingerprint density at radius 2 is 1.74 bits per heavy atom. The largest absolute Gasteiger partial charge is 0.346 e. The zero-order valence-corrected chi connectivity index (χ0v) is 14.5. The van der Waals surface area contributed by atoms with E-state index < -0.39 is 21.7 Å². The van der Waals surface area contributed by atoms with Gasteiger partial charge in [-0.3, -0.25) is 9.71 Å². The van der Waals surface area contributed by atoms with Crippen LogP contribution in [-0.2, 0) is 10.0 Å². The van der Waals surface area contributed by atoms with Gasteiger partial charge in [0.05, 0.1) is 23.0 Å². The molecule has 4 rings (SSSR count). The number of hydrogen-bond acceptors (Lipinski definition) is 4. The van der Waals surface area contributed by atoms with E-state index in [2.05, 4.69) is 19.7 Å². The lowest BCUT2D eigenvalue weighted by Gasteiger charge is -2.08. The summed E-state index contributed by atoms with van der Waals surface area (Å²) in [4.78, 5) is 10.9. The SMILES string of the molecule is O=S(=O)(Nc1cnc2[nH]cc(-c3cncc(F)c3)c2c1)c1ccc(F)cc1. The standard InChI is InChI=1S/C18H12F2N4O2S/c19-12-1-3-15(4-2-12)27(25,26)24-14-6-16-17(10-23-18(16)22-9-14)11-5-13(20)8-21-7-11/h1-10,24H,(H,22,23). The summed E-state index contributed by atoms with van der Waals surface area (Å²) in [7, 11) is -3.91. The van der Waals surface area contributed by atoms with Crippen LogP contribution < -0.4 is 4.72 Å². The van der Waals surface area contributed by atoms with Gasteiger partial charge < -0.3 is 4.98 Å². The lowest BCUT2D eigenvalue weighted by atomic mass is 10.1. The van der Waals surface area contributed by atoms with E-state index in [1.165, 1.54) is 30.6 Å². The second-order valence-electron chi connectivity index (χ2n) is 5.77. The smallest absolute Gasteiger partial charge is 0.261 e. The van der Waals surface area contributed by atoms with E-state index >= 15 is 0 Å². The molecule has 0 fully saturated rings.